The molecule has 3 aromatic rings. The van der Waals surface area contributed by atoms with E-state index in [2.05, 4.69) is 32.4 Å². The molecule has 2 amide bonds. The minimum absolute atomic E-state index is 0.0204. The van der Waals surface area contributed by atoms with Gasteiger partial charge in [0, 0.05) is 52.7 Å². The second-order valence-corrected chi connectivity index (χ2v) is 17.0. The standard InChI is InChI=1S/C37H44FIN6O5/c1-36(2,3)50-35(48)45-24-7-8-25(45)17-43(16-24)32-28-18-44(33(47)27-14-26(46)13-22-5-4-6-29(39)31(22)27)19-30(28)40-34(41-32)49-21-37(10-11-37)20-42-12-9-23(38)15-42/h4-6,13-14,23-25,46H,7-12,15-21H2,1-3H3/t23-,24?,25?/m1/s1. The third-order valence-electron chi connectivity index (χ3n) is 10.8. The van der Waals surface area contributed by atoms with E-state index in [0.29, 0.717) is 44.8 Å². The topological polar surface area (TPSA) is 112 Å². The van der Waals surface area contributed by atoms with Crippen LogP contribution in [0.5, 0.6) is 11.8 Å². The number of hydrogen-bond acceptors (Lipinski definition) is 9. The fourth-order valence-electron chi connectivity index (χ4n) is 8.22. The van der Waals surface area contributed by atoms with Crippen LogP contribution < -0.4 is 9.64 Å². The zero-order valence-electron chi connectivity index (χ0n) is 28.8. The van der Waals surface area contributed by atoms with Crippen LogP contribution in [0.4, 0.5) is 15.0 Å². The van der Waals surface area contributed by atoms with Gasteiger partial charge >= 0.3 is 12.1 Å². The highest BCUT2D eigenvalue weighted by atomic mass is 127. The Hall–Kier alpha value is -3.46. The first kappa shape index (κ1) is 33.7. The number of ether oxygens (including phenoxy) is 2. The van der Waals surface area contributed by atoms with Crippen molar-refractivity contribution in [1.82, 2.24) is 24.7 Å². The van der Waals surface area contributed by atoms with Gasteiger partial charge in [-0.15, -0.1) is 0 Å². The number of amides is 2. The summed E-state index contributed by atoms with van der Waals surface area (Å²) < 4.78 is 27.0. The third-order valence-corrected chi connectivity index (χ3v) is 11.7. The number of anilines is 1. The van der Waals surface area contributed by atoms with Gasteiger partial charge in [0.2, 0.25) is 0 Å². The van der Waals surface area contributed by atoms with E-state index in [-0.39, 0.29) is 47.8 Å². The predicted octanol–water partition coefficient (Wildman–Crippen LogP) is 5.89. The van der Waals surface area contributed by atoms with Gasteiger partial charge in [0.25, 0.3) is 5.91 Å². The number of hydrogen-bond donors (Lipinski definition) is 1. The average Bonchev–Trinajstić information content (AvgIpc) is 3.33. The molecule has 1 aromatic heterocycles. The summed E-state index contributed by atoms with van der Waals surface area (Å²) in [5, 5.41) is 12.2. The highest BCUT2D eigenvalue weighted by molar-refractivity contribution is 14.1. The van der Waals surface area contributed by atoms with Gasteiger partial charge in [0.1, 0.15) is 23.3 Å². The van der Waals surface area contributed by atoms with Crippen molar-refractivity contribution in [3.05, 3.63) is 50.7 Å². The molecule has 4 fully saturated rings. The number of carbonyl (C=O) groups is 2. The molecule has 2 aromatic carbocycles. The number of nitrogens with zero attached hydrogens (tertiary/aromatic N) is 6. The summed E-state index contributed by atoms with van der Waals surface area (Å²) in [6.07, 6.45) is 3.35. The molecule has 1 aliphatic carbocycles. The molecule has 0 spiro atoms. The smallest absolute Gasteiger partial charge is 0.410 e. The third kappa shape index (κ3) is 6.55. The molecule has 0 radical (unpaired) electrons. The van der Waals surface area contributed by atoms with Gasteiger partial charge < -0.3 is 24.4 Å². The monoisotopic (exact) mass is 798 g/mol. The molecule has 1 saturated carbocycles. The number of aromatic hydroxyl groups is 1. The summed E-state index contributed by atoms with van der Waals surface area (Å²) in [5.74, 6) is 0.588. The molecule has 3 saturated heterocycles. The Morgan fingerprint density at radius 3 is 2.50 bits per heavy atom. The normalized spacial score (nSPS) is 24.2. The first-order valence-corrected chi connectivity index (χ1v) is 18.8. The van der Waals surface area contributed by atoms with Crippen molar-refractivity contribution in [3.63, 3.8) is 0 Å². The maximum Gasteiger partial charge on any atom is 0.410 e. The van der Waals surface area contributed by atoms with E-state index in [1.54, 1.807) is 17.0 Å². The molecule has 4 aliphatic heterocycles. The van der Waals surface area contributed by atoms with E-state index in [0.717, 1.165) is 70.2 Å². The molecule has 2 bridgehead atoms. The van der Waals surface area contributed by atoms with E-state index < -0.39 is 11.8 Å². The van der Waals surface area contributed by atoms with Gasteiger partial charge in [-0.25, -0.2) is 9.18 Å². The van der Waals surface area contributed by atoms with Crippen molar-refractivity contribution < 1.29 is 28.6 Å². The number of phenols is 1. The number of piperazine rings is 1. The molecule has 3 atom stereocenters. The Kier molecular flexibility index (Phi) is 8.51. The van der Waals surface area contributed by atoms with Gasteiger partial charge in [-0.2, -0.15) is 9.97 Å². The summed E-state index contributed by atoms with van der Waals surface area (Å²) in [4.78, 5) is 45.5. The SMILES string of the molecule is CC(C)(C)OC(=O)N1C2CCC1CN(c1nc(OCC3(CN4CC[C@@H](F)C4)CC3)nc3c1CN(C(=O)c1cc(O)cc4cccc(I)c14)C3)C2. The lowest BCUT2D eigenvalue weighted by molar-refractivity contribution is 0.0122. The van der Waals surface area contributed by atoms with Crippen LogP contribution in [-0.4, -0.2) is 105 Å². The Morgan fingerprint density at radius 2 is 1.82 bits per heavy atom. The van der Waals surface area contributed by atoms with Crippen LogP contribution in [0.3, 0.4) is 0 Å². The second kappa shape index (κ2) is 12.6. The Bertz CT molecular complexity index is 1830. The molecule has 5 aliphatic rings. The Morgan fingerprint density at radius 1 is 1.06 bits per heavy atom. The number of aromatic nitrogens is 2. The number of carbonyl (C=O) groups excluding carboxylic acids is 2. The summed E-state index contributed by atoms with van der Waals surface area (Å²) in [5.41, 5.74) is 1.45. The molecule has 1 N–H and O–H groups in total. The summed E-state index contributed by atoms with van der Waals surface area (Å²) in [6, 6.07) is 9.24. The van der Waals surface area contributed by atoms with Crippen molar-refractivity contribution >= 4 is 51.2 Å². The lowest BCUT2D eigenvalue weighted by atomic mass is 10.0. The fraction of sp³-hybridized carbons (Fsp3) is 0.568. The number of alkyl halides is 1. The second-order valence-electron chi connectivity index (χ2n) is 15.8. The van der Waals surface area contributed by atoms with Crippen LogP contribution in [0.15, 0.2) is 30.3 Å². The maximum atomic E-state index is 14.2. The molecule has 50 heavy (non-hydrogen) atoms. The van der Waals surface area contributed by atoms with Crippen LogP contribution in [0, 0.1) is 8.99 Å². The average molecular weight is 799 g/mol. The van der Waals surface area contributed by atoms with Gasteiger partial charge in [-0.1, -0.05) is 12.1 Å². The van der Waals surface area contributed by atoms with Crippen molar-refractivity contribution in [3.8, 4) is 11.8 Å². The van der Waals surface area contributed by atoms with Crippen LogP contribution >= 0.6 is 22.6 Å². The summed E-state index contributed by atoms with van der Waals surface area (Å²) in [6.45, 7) is 9.94. The van der Waals surface area contributed by atoms with Crippen LogP contribution in [0.2, 0.25) is 0 Å². The van der Waals surface area contributed by atoms with Gasteiger partial charge in [-0.05, 0) is 99.1 Å². The van der Waals surface area contributed by atoms with Crippen molar-refractivity contribution in [2.24, 2.45) is 5.41 Å². The zero-order valence-corrected chi connectivity index (χ0v) is 31.0. The molecule has 266 valence electrons. The molecule has 2 unspecified atom stereocenters. The van der Waals surface area contributed by atoms with E-state index in [4.69, 9.17) is 19.4 Å². The van der Waals surface area contributed by atoms with Gasteiger partial charge in [-0.3, -0.25) is 14.6 Å². The van der Waals surface area contributed by atoms with E-state index >= 15 is 0 Å². The summed E-state index contributed by atoms with van der Waals surface area (Å²) >= 11 is 2.23. The van der Waals surface area contributed by atoms with Crippen molar-refractivity contribution in [1.29, 1.82) is 0 Å². The molecule has 5 heterocycles. The molecule has 13 heteroatoms. The fourth-order valence-corrected chi connectivity index (χ4v) is 9.03. The number of fused-ring (bicyclic) bond motifs is 4. The van der Waals surface area contributed by atoms with Gasteiger partial charge in [0.05, 0.1) is 43.0 Å². The largest absolute Gasteiger partial charge is 0.508 e. The quantitative estimate of drug-likeness (QED) is 0.293. The lowest BCUT2D eigenvalue weighted by Crippen LogP contribution is -2.57. The number of likely N-dealkylation sites (tertiary alicyclic amines) is 1. The molecule has 8 rings (SSSR count). The lowest BCUT2D eigenvalue weighted by Gasteiger charge is -2.42. The van der Waals surface area contributed by atoms with Gasteiger partial charge in [0.15, 0.2) is 0 Å². The van der Waals surface area contributed by atoms with E-state index in [1.165, 1.54) is 0 Å². The minimum atomic E-state index is -0.757. The van der Waals surface area contributed by atoms with E-state index in [9.17, 15) is 19.1 Å². The predicted molar refractivity (Wildman–Crippen MR) is 194 cm³/mol. The Balaban J connectivity index is 1.08. The van der Waals surface area contributed by atoms with E-state index in [1.807, 2.05) is 43.9 Å². The van der Waals surface area contributed by atoms with Crippen LogP contribution in [0.25, 0.3) is 10.8 Å². The van der Waals surface area contributed by atoms with Crippen molar-refractivity contribution in [2.75, 3.05) is 44.2 Å². The Labute approximate surface area is 305 Å². The zero-order chi connectivity index (χ0) is 34.9. The van der Waals surface area contributed by atoms with Crippen LogP contribution in [-0.2, 0) is 17.8 Å². The first-order valence-electron chi connectivity index (χ1n) is 17.7. The highest BCUT2D eigenvalue weighted by Crippen LogP contribution is 2.47. The summed E-state index contributed by atoms with van der Waals surface area (Å²) in [7, 11) is 0. The number of halogens is 2. The maximum absolute atomic E-state index is 14.2. The number of phenolic OH excluding ortho intramolecular Hbond substituents is 1. The molecular weight excluding hydrogens is 754 g/mol. The van der Waals surface area contributed by atoms with Crippen LogP contribution in [0.1, 0.15) is 74.5 Å². The molecule has 11 nitrogen and oxygen atoms in total. The van der Waals surface area contributed by atoms with Crippen molar-refractivity contribution in [2.45, 2.75) is 89.8 Å². The highest BCUT2D eigenvalue weighted by Gasteiger charge is 2.47. The molecular formula is C37H44FIN6O5. The number of rotatable bonds is 7. The number of benzene rings is 2. The minimum Gasteiger partial charge on any atom is -0.508 e. The first-order chi connectivity index (χ1) is 23.8.